The van der Waals surface area contributed by atoms with Crippen LogP contribution in [0.4, 0.5) is 0 Å². The first kappa shape index (κ1) is 32.5. The summed E-state index contributed by atoms with van der Waals surface area (Å²) in [7, 11) is 0. The normalized spacial score (nSPS) is 13.1. The molecule has 10 aromatic rings. The highest BCUT2D eigenvalue weighted by atomic mass is 16.5. The van der Waals surface area contributed by atoms with E-state index in [1.807, 2.05) is 60.7 Å². The number of fused-ring (bicyclic) bond motifs is 12. The summed E-state index contributed by atoms with van der Waals surface area (Å²) in [5.74, 6) is 3.61. The minimum atomic E-state index is -0.594. The molecule has 0 unspecified atom stereocenters. The molecule has 8 aromatic carbocycles. The van der Waals surface area contributed by atoms with E-state index in [0.717, 1.165) is 72.2 Å². The summed E-state index contributed by atoms with van der Waals surface area (Å²) in [6, 6.07) is 67.8. The number of ether oxygens (including phenoxy) is 1. The number of rotatable bonds is 4. The van der Waals surface area contributed by atoms with E-state index in [1.54, 1.807) is 0 Å². The zero-order chi connectivity index (χ0) is 38.2. The number of hydrogen-bond acceptors (Lipinski definition) is 5. The van der Waals surface area contributed by atoms with Crippen molar-refractivity contribution in [2.45, 2.75) is 5.41 Å². The number of pyridine rings is 1. The standard InChI is InChI=1S/C53H32N4O/c1-4-16-33(17-5-1)49-41-32-45-39(37-22-10-11-23-42(37)53(45)43-24-12-14-26-47(43)58-48-27-15-13-25-44(48)53)31-38(41)40-30-36(28-29-46(40)54-49)52-56-50(34-18-6-2-7-19-34)55-51(57-52)35-20-8-3-9-21-35/h1-32H. The van der Waals surface area contributed by atoms with Gasteiger partial charge in [-0.15, -0.1) is 0 Å². The minimum absolute atomic E-state index is 0.594. The first-order valence-electron chi connectivity index (χ1n) is 19.6. The summed E-state index contributed by atoms with van der Waals surface area (Å²) < 4.78 is 6.63. The first-order valence-corrected chi connectivity index (χ1v) is 19.6. The van der Waals surface area contributed by atoms with Crippen molar-refractivity contribution in [3.63, 3.8) is 0 Å². The van der Waals surface area contributed by atoms with Crippen molar-refractivity contribution in [3.05, 3.63) is 216 Å². The fourth-order valence-electron chi connectivity index (χ4n) is 9.24. The SMILES string of the molecule is c1ccc(-c2nc(-c3ccccc3)nc(-c3ccc4nc(-c5ccccc5)c5cc6c(cc5c4c3)-c3ccccc3C63c4ccccc4Oc4ccccc43)n2)cc1. The summed E-state index contributed by atoms with van der Waals surface area (Å²) in [6.07, 6.45) is 0. The molecular formula is C53H32N4O. The highest BCUT2D eigenvalue weighted by Crippen LogP contribution is 2.62. The van der Waals surface area contributed by atoms with E-state index >= 15 is 0 Å². The maximum atomic E-state index is 6.63. The van der Waals surface area contributed by atoms with Gasteiger partial charge in [0.1, 0.15) is 11.5 Å². The van der Waals surface area contributed by atoms with E-state index < -0.39 is 5.41 Å². The fourth-order valence-corrected chi connectivity index (χ4v) is 9.24. The molecule has 0 saturated carbocycles. The molecule has 0 saturated heterocycles. The molecule has 0 radical (unpaired) electrons. The van der Waals surface area contributed by atoms with Crippen LogP contribution in [0, 0.1) is 0 Å². The summed E-state index contributed by atoms with van der Waals surface area (Å²) in [4.78, 5) is 20.6. The second kappa shape index (κ2) is 12.6. The summed E-state index contributed by atoms with van der Waals surface area (Å²) >= 11 is 0. The number of hydrogen-bond donors (Lipinski definition) is 0. The molecule has 2 aliphatic rings. The van der Waals surface area contributed by atoms with Gasteiger partial charge in [-0.2, -0.15) is 0 Å². The van der Waals surface area contributed by atoms with Crippen molar-refractivity contribution >= 4 is 21.7 Å². The molecule has 5 nitrogen and oxygen atoms in total. The van der Waals surface area contributed by atoms with Gasteiger partial charge in [0.15, 0.2) is 17.5 Å². The van der Waals surface area contributed by atoms with Gasteiger partial charge in [-0.1, -0.05) is 152 Å². The monoisotopic (exact) mass is 740 g/mol. The second-order valence-electron chi connectivity index (χ2n) is 14.9. The van der Waals surface area contributed by atoms with Crippen molar-refractivity contribution in [2.75, 3.05) is 0 Å². The van der Waals surface area contributed by atoms with Crippen molar-refractivity contribution in [3.8, 4) is 68.0 Å². The Kier molecular flexibility index (Phi) is 7.07. The van der Waals surface area contributed by atoms with Crippen LogP contribution in [-0.2, 0) is 5.41 Å². The molecule has 1 aliphatic carbocycles. The lowest BCUT2D eigenvalue weighted by Crippen LogP contribution is -2.32. The highest BCUT2D eigenvalue weighted by molar-refractivity contribution is 6.14. The highest BCUT2D eigenvalue weighted by Gasteiger charge is 2.51. The Morgan fingerprint density at radius 2 is 0.845 bits per heavy atom. The second-order valence-corrected chi connectivity index (χ2v) is 14.9. The molecular weight excluding hydrogens is 709 g/mol. The lowest BCUT2D eigenvalue weighted by atomic mass is 9.66. The Labute approximate surface area is 335 Å². The largest absolute Gasteiger partial charge is 0.457 e. The molecule has 2 aromatic heterocycles. The summed E-state index contributed by atoms with van der Waals surface area (Å²) in [5, 5.41) is 3.23. The van der Waals surface area contributed by atoms with Crippen LogP contribution in [0.3, 0.4) is 0 Å². The quantitative estimate of drug-likeness (QED) is 0.168. The molecule has 1 spiro atoms. The number of aromatic nitrogens is 4. The van der Waals surface area contributed by atoms with Crippen LogP contribution in [0.1, 0.15) is 22.3 Å². The van der Waals surface area contributed by atoms with Gasteiger partial charge < -0.3 is 4.74 Å². The van der Waals surface area contributed by atoms with Gasteiger partial charge in [0.2, 0.25) is 0 Å². The molecule has 5 heteroatoms. The van der Waals surface area contributed by atoms with Gasteiger partial charge in [0.25, 0.3) is 0 Å². The van der Waals surface area contributed by atoms with Crippen LogP contribution in [0.15, 0.2) is 194 Å². The van der Waals surface area contributed by atoms with Gasteiger partial charge >= 0.3 is 0 Å². The van der Waals surface area contributed by atoms with Crippen LogP contribution < -0.4 is 4.74 Å². The van der Waals surface area contributed by atoms with E-state index in [0.29, 0.717) is 17.5 Å². The predicted molar refractivity (Wildman–Crippen MR) is 232 cm³/mol. The van der Waals surface area contributed by atoms with Crippen molar-refractivity contribution in [1.82, 2.24) is 19.9 Å². The topological polar surface area (TPSA) is 60.8 Å². The molecule has 3 heterocycles. The van der Waals surface area contributed by atoms with Crippen molar-refractivity contribution in [2.24, 2.45) is 0 Å². The number of nitrogens with zero attached hydrogens (tertiary/aromatic N) is 4. The Bertz CT molecular complexity index is 3150. The lowest BCUT2D eigenvalue weighted by Gasteiger charge is -2.39. The Morgan fingerprint density at radius 3 is 1.47 bits per heavy atom. The Balaban J connectivity index is 1.16. The van der Waals surface area contributed by atoms with Gasteiger partial charge in [-0.3, -0.25) is 0 Å². The summed E-state index contributed by atoms with van der Waals surface area (Å²) in [5.41, 5.74) is 12.2. The Hall–Kier alpha value is -7.76. The summed E-state index contributed by atoms with van der Waals surface area (Å²) in [6.45, 7) is 0. The van der Waals surface area contributed by atoms with Gasteiger partial charge in [0.05, 0.1) is 16.6 Å². The van der Waals surface area contributed by atoms with Crippen LogP contribution in [0.25, 0.3) is 78.2 Å². The molecule has 0 amide bonds. The zero-order valence-corrected chi connectivity index (χ0v) is 31.2. The van der Waals surface area contributed by atoms with Crippen LogP contribution in [0.2, 0.25) is 0 Å². The maximum Gasteiger partial charge on any atom is 0.164 e. The average molecular weight is 741 g/mol. The fraction of sp³-hybridized carbons (Fsp3) is 0.0189. The molecule has 1 aliphatic heterocycles. The third-order valence-corrected chi connectivity index (χ3v) is 11.8. The van der Waals surface area contributed by atoms with E-state index in [-0.39, 0.29) is 0 Å². The third-order valence-electron chi connectivity index (χ3n) is 11.8. The maximum absolute atomic E-state index is 6.63. The molecule has 58 heavy (non-hydrogen) atoms. The van der Waals surface area contributed by atoms with E-state index in [1.165, 1.54) is 22.3 Å². The first-order chi connectivity index (χ1) is 28.7. The van der Waals surface area contributed by atoms with Crippen LogP contribution in [0.5, 0.6) is 11.5 Å². The molecule has 0 atom stereocenters. The van der Waals surface area contributed by atoms with Gasteiger partial charge in [-0.25, -0.2) is 19.9 Å². The van der Waals surface area contributed by atoms with Crippen molar-refractivity contribution in [1.29, 1.82) is 0 Å². The average Bonchev–Trinajstić information content (AvgIpc) is 3.58. The molecule has 0 N–H and O–H groups in total. The smallest absolute Gasteiger partial charge is 0.164 e. The molecule has 12 rings (SSSR count). The molecule has 270 valence electrons. The molecule has 0 bridgehead atoms. The minimum Gasteiger partial charge on any atom is -0.457 e. The Morgan fingerprint density at radius 1 is 0.328 bits per heavy atom. The van der Waals surface area contributed by atoms with E-state index in [9.17, 15) is 0 Å². The molecule has 0 fully saturated rings. The third kappa shape index (κ3) is 4.77. The lowest BCUT2D eigenvalue weighted by molar-refractivity contribution is 0.436. The van der Waals surface area contributed by atoms with Crippen molar-refractivity contribution < 1.29 is 4.74 Å². The van der Waals surface area contributed by atoms with Gasteiger partial charge in [0, 0.05) is 44.2 Å². The number of para-hydroxylation sites is 2. The van der Waals surface area contributed by atoms with Gasteiger partial charge in [-0.05, 0) is 70.1 Å². The van der Waals surface area contributed by atoms with E-state index in [4.69, 9.17) is 24.7 Å². The van der Waals surface area contributed by atoms with Crippen LogP contribution >= 0.6 is 0 Å². The van der Waals surface area contributed by atoms with E-state index in [2.05, 4.69) is 133 Å². The predicted octanol–water partition coefficient (Wildman–Crippen LogP) is 12.7. The van der Waals surface area contributed by atoms with Crippen LogP contribution in [-0.4, -0.2) is 19.9 Å². The zero-order valence-electron chi connectivity index (χ0n) is 31.2. The number of benzene rings is 8.